The van der Waals surface area contributed by atoms with E-state index in [1.807, 2.05) is 26.0 Å². The van der Waals surface area contributed by atoms with Crippen LogP contribution in [0.2, 0.25) is 5.02 Å². The number of nitrogens with one attached hydrogen (secondary N) is 1. The Balaban J connectivity index is 1.62. The van der Waals surface area contributed by atoms with Crippen LogP contribution in [0.25, 0.3) is 0 Å². The summed E-state index contributed by atoms with van der Waals surface area (Å²) < 4.78 is 11.1. The van der Waals surface area contributed by atoms with Gasteiger partial charge in [-0.3, -0.25) is 10.1 Å². The van der Waals surface area contributed by atoms with Gasteiger partial charge in [-0.25, -0.2) is 4.98 Å². The van der Waals surface area contributed by atoms with E-state index in [4.69, 9.17) is 20.8 Å². The standard InChI is InChI=1S/C17H15ClN2O3S/c1-10-11(2)24-17(19-10)20-16(21)15-8-7-12(23-15)9-22-14-6-4-3-5-13(14)18/h3-8H,9H2,1-2H3,(H,19,20,21). The second-order valence-corrected chi connectivity index (χ2v) is 6.71. The van der Waals surface area contributed by atoms with Crippen molar-refractivity contribution in [1.29, 1.82) is 0 Å². The highest BCUT2D eigenvalue weighted by molar-refractivity contribution is 7.15. The van der Waals surface area contributed by atoms with Gasteiger partial charge in [-0.05, 0) is 38.1 Å². The van der Waals surface area contributed by atoms with Crippen molar-refractivity contribution in [3.05, 3.63) is 63.5 Å². The Morgan fingerprint density at radius 1 is 1.29 bits per heavy atom. The van der Waals surface area contributed by atoms with Crippen LogP contribution in [-0.2, 0) is 6.61 Å². The fraction of sp³-hybridized carbons (Fsp3) is 0.176. The maximum Gasteiger partial charge on any atom is 0.293 e. The average Bonchev–Trinajstić information content (AvgIpc) is 3.14. The highest BCUT2D eigenvalue weighted by Gasteiger charge is 2.14. The van der Waals surface area contributed by atoms with Gasteiger partial charge in [0.2, 0.25) is 0 Å². The Labute approximate surface area is 148 Å². The molecule has 0 aliphatic heterocycles. The lowest BCUT2D eigenvalue weighted by atomic mass is 10.3. The first-order valence-corrected chi connectivity index (χ1v) is 8.44. The van der Waals surface area contributed by atoms with Gasteiger partial charge in [0.1, 0.15) is 18.1 Å². The number of anilines is 1. The number of aryl methyl sites for hydroxylation is 2. The molecule has 0 saturated heterocycles. The van der Waals surface area contributed by atoms with Crippen LogP contribution in [0.5, 0.6) is 5.75 Å². The van der Waals surface area contributed by atoms with E-state index >= 15 is 0 Å². The predicted molar refractivity (Wildman–Crippen MR) is 94.0 cm³/mol. The molecule has 0 fully saturated rings. The fourth-order valence-corrected chi connectivity index (χ4v) is 2.97. The number of rotatable bonds is 5. The van der Waals surface area contributed by atoms with Crippen molar-refractivity contribution in [2.45, 2.75) is 20.5 Å². The molecule has 0 spiro atoms. The summed E-state index contributed by atoms with van der Waals surface area (Å²) in [6.07, 6.45) is 0. The highest BCUT2D eigenvalue weighted by atomic mass is 35.5. The maximum absolute atomic E-state index is 12.2. The molecule has 3 aromatic rings. The number of amides is 1. The van der Waals surface area contributed by atoms with Crippen LogP contribution in [0.3, 0.4) is 0 Å². The van der Waals surface area contributed by atoms with E-state index in [1.165, 1.54) is 11.3 Å². The molecule has 0 aliphatic rings. The van der Waals surface area contributed by atoms with Gasteiger partial charge in [-0.1, -0.05) is 23.7 Å². The molecule has 0 saturated carbocycles. The lowest BCUT2D eigenvalue weighted by molar-refractivity contribution is 0.0992. The van der Waals surface area contributed by atoms with E-state index in [0.29, 0.717) is 21.7 Å². The van der Waals surface area contributed by atoms with Crippen molar-refractivity contribution in [3.63, 3.8) is 0 Å². The molecule has 0 unspecified atom stereocenters. The molecule has 5 nitrogen and oxygen atoms in total. The van der Waals surface area contributed by atoms with Gasteiger partial charge in [0.25, 0.3) is 5.91 Å². The number of halogens is 1. The first-order valence-electron chi connectivity index (χ1n) is 7.24. The second kappa shape index (κ2) is 7.07. The zero-order valence-electron chi connectivity index (χ0n) is 13.1. The number of furan rings is 1. The van der Waals surface area contributed by atoms with Crippen molar-refractivity contribution < 1.29 is 13.9 Å². The zero-order chi connectivity index (χ0) is 17.1. The molecule has 0 aliphatic carbocycles. The number of carbonyl (C=O) groups is 1. The second-order valence-electron chi connectivity index (χ2n) is 5.10. The predicted octanol–water partition coefficient (Wildman–Crippen LogP) is 4.84. The molecule has 0 radical (unpaired) electrons. The Morgan fingerprint density at radius 2 is 2.08 bits per heavy atom. The fourth-order valence-electron chi connectivity index (χ4n) is 1.97. The minimum atomic E-state index is -0.340. The smallest absolute Gasteiger partial charge is 0.293 e. The Bertz CT molecular complexity index is 853. The largest absolute Gasteiger partial charge is 0.484 e. The summed E-state index contributed by atoms with van der Waals surface area (Å²) >= 11 is 7.45. The van der Waals surface area contributed by atoms with E-state index in [1.54, 1.807) is 24.3 Å². The molecule has 0 atom stereocenters. The molecular formula is C17H15ClN2O3S. The number of thiazole rings is 1. The van der Waals surface area contributed by atoms with Crippen molar-refractivity contribution in [2.75, 3.05) is 5.32 Å². The molecule has 124 valence electrons. The van der Waals surface area contributed by atoms with Crippen molar-refractivity contribution in [2.24, 2.45) is 0 Å². The van der Waals surface area contributed by atoms with E-state index in [2.05, 4.69) is 10.3 Å². The summed E-state index contributed by atoms with van der Waals surface area (Å²) in [5.41, 5.74) is 0.906. The molecule has 2 heterocycles. The minimum Gasteiger partial charge on any atom is -0.484 e. The maximum atomic E-state index is 12.2. The zero-order valence-corrected chi connectivity index (χ0v) is 14.7. The molecule has 3 rings (SSSR count). The number of ether oxygens (including phenoxy) is 1. The summed E-state index contributed by atoms with van der Waals surface area (Å²) in [6.45, 7) is 4.05. The topological polar surface area (TPSA) is 64.4 Å². The lowest BCUT2D eigenvalue weighted by Crippen LogP contribution is -2.10. The number of benzene rings is 1. The number of para-hydroxylation sites is 1. The monoisotopic (exact) mass is 362 g/mol. The van der Waals surface area contributed by atoms with Gasteiger partial charge in [0.05, 0.1) is 10.7 Å². The van der Waals surface area contributed by atoms with Gasteiger partial charge in [0, 0.05) is 4.88 Å². The summed E-state index contributed by atoms with van der Waals surface area (Å²) in [4.78, 5) is 17.5. The molecule has 1 amide bonds. The van der Waals surface area contributed by atoms with E-state index in [-0.39, 0.29) is 18.3 Å². The van der Waals surface area contributed by atoms with Crippen LogP contribution >= 0.6 is 22.9 Å². The molecule has 1 N–H and O–H groups in total. The third-order valence-electron chi connectivity index (χ3n) is 3.34. The first-order chi connectivity index (χ1) is 11.5. The van der Waals surface area contributed by atoms with Gasteiger partial charge in [-0.15, -0.1) is 11.3 Å². The Hall–Kier alpha value is -2.31. The van der Waals surface area contributed by atoms with Crippen molar-refractivity contribution in [1.82, 2.24) is 4.98 Å². The minimum absolute atomic E-state index is 0.187. The molecular weight excluding hydrogens is 348 g/mol. The average molecular weight is 363 g/mol. The number of hydrogen-bond acceptors (Lipinski definition) is 5. The van der Waals surface area contributed by atoms with Gasteiger partial charge in [0.15, 0.2) is 10.9 Å². The van der Waals surface area contributed by atoms with Gasteiger partial charge in [-0.2, -0.15) is 0 Å². The number of nitrogens with zero attached hydrogens (tertiary/aromatic N) is 1. The lowest BCUT2D eigenvalue weighted by Gasteiger charge is -2.05. The normalized spacial score (nSPS) is 10.6. The highest BCUT2D eigenvalue weighted by Crippen LogP contribution is 2.25. The summed E-state index contributed by atoms with van der Waals surface area (Å²) in [5.74, 6) is 0.966. The van der Waals surface area contributed by atoms with Crippen LogP contribution in [0, 0.1) is 13.8 Å². The molecule has 0 bridgehead atoms. The number of carbonyl (C=O) groups excluding carboxylic acids is 1. The van der Waals surface area contributed by atoms with Crippen LogP contribution in [0.15, 0.2) is 40.8 Å². The van der Waals surface area contributed by atoms with E-state index in [0.717, 1.165) is 10.6 Å². The van der Waals surface area contributed by atoms with Crippen molar-refractivity contribution >= 4 is 34.0 Å². The van der Waals surface area contributed by atoms with Crippen LogP contribution < -0.4 is 10.1 Å². The molecule has 1 aromatic carbocycles. The Kier molecular flexibility index (Phi) is 4.87. The van der Waals surface area contributed by atoms with E-state index < -0.39 is 0 Å². The van der Waals surface area contributed by atoms with Gasteiger partial charge < -0.3 is 9.15 Å². The third kappa shape index (κ3) is 3.77. The van der Waals surface area contributed by atoms with Gasteiger partial charge >= 0.3 is 0 Å². The first kappa shape index (κ1) is 16.5. The number of hydrogen-bond donors (Lipinski definition) is 1. The summed E-state index contributed by atoms with van der Waals surface area (Å²) in [6, 6.07) is 10.5. The SMILES string of the molecule is Cc1nc(NC(=O)c2ccc(COc3ccccc3Cl)o2)sc1C. The van der Waals surface area contributed by atoms with Crippen LogP contribution in [0.4, 0.5) is 5.13 Å². The summed E-state index contributed by atoms with van der Waals surface area (Å²) in [5, 5.41) is 3.81. The Morgan fingerprint density at radius 3 is 2.79 bits per heavy atom. The molecule has 24 heavy (non-hydrogen) atoms. The number of aromatic nitrogens is 1. The molecule has 2 aromatic heterocycles. The summed E-state index contributed by atoms with van der Waals surface area (Å²) in [7, 11) is 0. The third-order valence-corrected chi connectivity index (χ3v) is 4.64. The molecule has 7 heteroatoms. The van der Waals surface area contributed by atoms with Crippen LogP contribution in [0.1, 0.15) is 26.9 Å². The van der Waals surface area contributed by atoms with Crippen LogP contribution in [-0.4, -0.2) is 10.9 Å². The quantitative estimate of drug-likeness (QED) is 0.705. The van der Waals surface area contributed by atoms with E-state index in [9.17, 15) is 4.79 Å². The van der Waals surface area contributed by atoms with Crippen molar-refractivity contribution in [3.8, 4) is 5.75 Å².